The van der Waals surface area contributed by atoms with Crippen LogP contribution in [-0.2, 0) is 0 Å². The number of aromatic nitrogens is 2. The number of hydrogen-bond donors (Lipinski definition) is 0. The summed E-state index contributed by atoms with van der Waals surface area (Å²) in [5.41, 5.74) is 3.00. The fourth-order valence-electron chi connectivity index (χ4n) is 2.29. The maximum Gasteiger partial charge on any atom is 0.148 e. The number of rotatable bonds is 1. The van der Waals surface area contributed by atoms with Gasteiger partial charge in [-0.1, -0.05) is 24.3 Å². The number of hydrogen-bond acceptors (Lipinski definition) is 2. The summed E-state index contributed by atoms with van der Waals surface area (Å²) in [6.07, 6.45) is 5.66. The van der Waals surface area contributed by atoms with Crippen LogP contribution in [0.15, 0.2) is 65.5 Å². The van der Waals surface area contributed by atoms with E-state index >= 15 is 0 Å². The Kier molecular flexibility index (Phi) is 1.83. The van der Waals surface area contributed by atoms with Gasteiger partial charge in [0, 0.05) is 11.6 Å². The lowest BCUT2D eigenvalue weighted by molar-refractivity contribution is 0.616. The Morgan fingerprint density at radius 1 is 1.00 bits per heavy atom. The molecule has 0 bridgehead atoms. The molecule has 0 saturated heterocycles. The molecule has 0 aliphatic heterocycles. The first-order valence-corrected chi connectivity index (χ1v) is 5.82. The van der Waals surface area contributed by atoms with Crippen molar-refractivity contribution in [3.05, 3.63) is 61.1 Å². The molecule has 86 valence electrons. The molecule has 0 N–H and O–H groups in total. The van der Waals surface area contributed by atoms with Crippen LogP contribution in [0.4, 0.5) is 0 Å². The first-order chi connectivity index (χ1) is 8.93. The van der Waals surface area contributed by atoms with Gasteiger partial charge in [0.25, 0.3) is 0 Å². The molecule has 3 aromatic heterocycles. The van der Waals surface area contributed by atoms with Crippen LogP contribution in [0.1, 0.15) is 0 Å². The van der Waals surface area contributed by atoms with Crippen LogP contribution in [0.3, 0.4) is 0 Å². The molecule has 0 atom stereocenters. The lowest BCUT2D eigenvalue weighted by Gasteiger charge is -1.98. The van der Waals surface area contributed by atoms with Crippen molar-refractivity contribution in [2.75, 3.05) is 0 Å². The lowest BCUT2D eigenvalue weighted by atomic mass is 10.1. The summed E-state index contributed by atoms with van der Waals surface area (Å²) in [5.74, 6) is 0.913. The van der Waals surface area contributed by atoms with Crippen molar-refractivity contribution in [2.24, 2.45) is 0 Å². The van der Waals surface area contributed by atoms with E-state index < -0.39 is 0 Å². The van der Waals surface area contributed by atoms with Gasteiger partial charge in [0.2, 0.25) is 0 Å². The topological polar surface area (TPSA) is 30.4 Å². The second kappa shape index (κ2) is 3.47. The van der Waals surface area contributed by atoms with Crippen LogP contribution >= 0.6 is 0 Å². The molecule has 3 heteroatoms. The summed E-state index contributed by atoms with van der Waals surface area (Å²) in [6, 6.07) is 14.1. The van der Waals surface area contributed by atoms with Gasteiger partial charge in [-0.25, -0.2) is 4.98 Å². The molecule has 4 rings (SSSR count). The fourth-order valence-corrected chi connectivity index (χ4v) is 2.29. The van der Waals surface area contributed by atoms with E-state index in [-0.39, 0.29) is 0 Å². The van der Waals surface area contributed by atoms with E-state index in [9.17, 15) is 0 Å². The molecule has 0 amide bonds. The van der Waals surface area contributed by atoms with Gasteiger partial charge in [-0.2, -0.15) is 0 Å². The summed E-state index contributed by atoms with van der Waals surface area (Å²) in [4.78, 5) is 4.49. The van der Waals surface area contributed by atoms with Gasteiger partial charge in [0.15, 0.2) is 0 Å². The molecule has 0 saturated carbocycles. The van der Waals surface area contributed by atoms with Gasteiger partial charge in [-0.3, -0.25) is 4.40 Å². The monoisotopic (exact) mass is 234 g/mol. The van der Waals surface area contributed by atoms with Crippen molar-refractivity contribution in [2.45, 2.75) is 0 Å². The van der Waals surface area contributed by atoms with Crippen LogP contribution < -0.4 is 0 Å². The number of furan rings is 1. The van der Waals surface area contributed by atoms with Crippen molar-refractivity contribution >= 4 is 16.5 Å². The summed E-state index contributed by atoms with van der Waals surface area (Å²) >= 11 is 0. The highest BCUT2D eigenvalue weighted by atomic mass is 16.3. The third kappa shape index (κ3) is 1.21. The van der Waals surface area contributed by atoms with Gasteiger partial charge >= 0.3 is 0 Å². The van der Waals surface area contributed by atoms with Crippen molar-refractivity contribution in [3.8, 4) is 11.4 Å². The van der Waals surface area contributed by atoms with E-state index in [0.29, 0.717) is 0 Å². The minimum absolute atomic E-state index is 0.889. The second-order valence-electron chi connectivity index (χ2n) is 4.22. The Bertz CT molecular complexity index is 770. The van der Waals surface area contributed by atoms with Crippen LogP contribution in [0.25, 0.3) is 27.9 Å². The molecule has 1 aromatic carbocycles. The summed E-state index contributed by atoms with van der Waals surface area (Å²) in [6.45, 7) is 0. The third-order valence-corrected chi connectivity index (χ3v) is 3.16. The van der Waals surface area contributed by atoms with E-state index in [2.05, 4.69) is 15.5 Å². The van der Waals surface area contributed by atoms with E-state index in [1.54, 1.807) is 6.26 Å². The van der Waals surface area contributed by atoms with Crippen molar-refractivity contribution in [3.63, 3.8) is 0 Å². The maximum absolute atomic E-state index is 5.57. The van der Waals surface area contributed by atoms with Gasteiger partial charge in [0.1, 0.15) is 17.7 Å². The quantitative estimate of drug-likeness (QED) is 0.502. The molecule has 0 aliphatic rings. The zero-order chi connectivity index (χ0) is 11.9. The predicted molar refractivity (Wildman–Crippen MR) is 70.4 cm³/mol. The second-order valence-corrected chi connectivity index (χ2v) is 4.22. The molecule has 0 spiro atoms. The third-order valence-electron chi connectivity index (χ3n) is 3.16. The zero-order valence-electron chi connectivity index (χ0n) is 9.58. The predicted octanol–water partition coefficient (Wildman–Crippen LogP) is 3.75. The van der Waals surface area contributed by atoms with Gasteiger partial charge < -0.3 is 4.42 Å². The van der Waals surface area contributed by atoms with E-state index in [0.717, 1.165) is 27.9 Å². The Morgan fingerprint density at radius 3 is 2.89 bits per heavy atom. The average Bonchev–Trinajstić information content (AvgIpc) is 3.01. The highest BCUT2D eigenvalue weighted by Gasteiger charge is 2.12. The molecule has 0 fully saturated rings. The zero-order valence-corrected chi connectivity index (χ0v) is 9.58. The fraction of sp³-hybridized carbons (Fsp3) is 0. The number of benzene rings is 1. The Hall–Kier alpha value is -2.55. The highest BCUT2D eigenvalue weighted by Crippen LogP contribution is 2.29. The van der Waals surface area contributed by atoms with Crippen LogP contribution in [0.5, 0.6) is 0 Å². The molecule has 4 aromatic rings. The lowest BCUT2D eigenvalue weighted by Crippen LogP contribution is -1.87. The minimum Gasteiger partial charge on any atom is -0.464 e. The van der Waals surface area contributed by atoms with Crippen molar-refractivity contribution in [1.29, 1.82) is 0 Å². The van der Waals surface area contributed by atoms with E-state index in [4.69, 9.17) is 4.42 Å². The largest absolute Gasteiger partial charge is 0.464 e. The Labute approximate surface area is 103 Å². The van der Waals surface area contributed by atoms with Gasteiger partial charge in [0.05, 0.1) is 17.3 Å². The first kappa shape index (κ1) is 9.48. The van der Waals surface area contributed by atoms with Gasteiger partial charge in [-0.15, -0.1) is 0 Å². The number of nitrogens with zero attached hydrogens (tertiary/aromatic N) is 2. The summed E-state index contributed by atoms with van der Waals surface area (Å²) in [5, 5.41) is 1.09. The SMILES string of the molecule is c1ccc2c(-c3ncc4ccccn34)coc2c1. The molecular formula is C15H10N2O. The molecule has 0 radical (unpaired) electrons. The van der Waals surface area contributed by atoms with Crippen LogP contribution in [-0.4, -0.2) is 9.38 Å². The minimum atomic E-state index is 0.889. The molecule has 3 nitrogen and oxygen atoms in total. The summed E-state index contributed by atoms with van der Waals surface area (Å²) < 4.78 is 7.64. The number of pyridine rings is 1. The van der Waals surface area contributed by atoms with E-state index in [1.807, 2.05) is 48.8 Å². The maximum atomic E-state index is 5.57. The molecule has 3 heterocycles. The average molecular weight is 234 g/mol. The highest BCUT2D eigenvalue weighted by molar-refractivity contribution is 5.92. The van der Waals surface area contributed by atoms with Crippen molar-refractivity contribution in [1.82, 2.24) is 9.38 Å². The van der Waals surface area contributed by atoms with Crippen LogP contribution in [0.2, 0.25) is 0 Å². The smallest absolute Gasteiger partial charge is 0.148 e. The Balaban J connectivity index is 2.08. The van der Waals surface area contributed by atoms with Crippen LogP contribution in [0, 0.1) is 0 Å². The summed E-state index contributed by atoms with van der Waals surface area (Å²) in [7, 11) is 0. The molecular weight excluding hydrogens is 224 g/mol. The molecule has 0 unspecified atom stereocenters. The van der Waals surface area contributed by atoms with Gasteiger partial charge in [-0.05, 0) is 18.2 Å². The number of fused-ring (bicyclic) bond motifs is 2. The number of para-hydroxylation sites is 1. The first-order valence-electron chi connectivity index (χ1n) is 5.82. The standard InChI is InChI=1S/C15H10N2O/c1-2-7-14-12(6-1)13(10-18-14)15-16-9-11-5-3-4-8-17(11)15/h1-10H. The molecule has 0 aliphatic carbocycles. The Morgan fingerprint density at radius 2 is 1.89 bits per heavy atom. The molecule has 18 heavy (non-hydrogen) atoms. The van der Waals surface area contributed by atoms with E-state index in [1.165, 1.54) is 0 Å². The normalized spacial score (nSPS) is 11.3. The van der Waals surface area contributed by atoms with Crippen molar-refractivity contribution < 1.29 is 4.42 Å². The number of imidazole rings is 1.